The first-order chi connectivity index (χ1) is 14.7. The second-order valence-corrected chi connectivity index (χ2v) is 7.27. The van der Waals surface area contributed by atoms with Crippen LogP contribution in [0.4, 0.5) is 0 Å². The van der Waals surface area contributed by atoms with Crippen LogP contribution in [-0.4, -0.2) is 21.4 Å². The summed E-state index contributed by atoms with van der Waals surface area (Å²) in [6, 6.07) is 21.0. The molecule has 0 atom stereocenters. The fraction of sp³-hybridized carbons (Fsp3) is 0.208. The molecule has 0 radical (unpaired) electrons. The molecule has 0 aliphatic carbocycles. The van der Waals surface area contributed by atoms with Gasteiger partial charge in [0, 0.05) is 12.0 Å². The van der Waals surface area contributed by atoms with E-state index in [1.54, 1.807) is 6.07 Å². The number of rotatable bonds is 6. The lowest BCUT2D eigenvalue weighted by Gasteiger charge is -2.11. The van der Waals surface area contributed by atoms with Gasteiger partial charge in [0.1, 0.15) is 12.4 Å². The number of carbonyl (C=O) groups excluding carboxylic acids is 2. The SMILES string of the molecule is CCCCc1nc2ccccc2n1CC(=O)NNC(=O)c1ccc2ccccc2c1. The first-order valence-electron chi connectivity index (χ1n) is 10.2. The zero-order valence-electron chi connectivity index (χ0n) is 16.9. The number of hydrogen-bond acceptors (Lipinski definition) is 3. The number of aromatic nitrogens is 2. The number of amides is 2. The zero-order chi connectivity index (χ0) is 20.9. The van der Waals surface area contributed by atoms with Crippen LogP contribution >= 0.6 is 0 Å². The summed E-state index contributed by atoms with van der Waals surface area (Å²) in [5, 5.41) is 2.03. The number of nitrogens with one attached hydrogen (secondary N) is 2. The van der Waals surface area contributed by atoms with E-state index in [4.69, 9.17) is 0 Å². The van der Waals surface area contributed by atoms with Crippen LogP contribution in [0.15, 0.2) is 66.7 Å². The van der Waals surface area contributed by atoms with Crippen LogP contribution in [0, 0.1) is 0 Å². The van der Waals surface area contributed by atoms with Crippen LogP contribution in [0.2, 0.25) is 0 Å². The molecule has 6 heteroatoms. The van der Waals surface area contributed by atoms with Gasteiger partial charge in [-0.3, -0.25) is 20.4 Å². The largest absolute Gasteiger partial charge is 0.318 e. The minimum Gasteiger partial charge on any atom is -0.318 e. The summed E-state index contributed by atoms with van der Waals surface area (Å²) < 4.78 is 1.92. The maximum atomic E-state index is 12.6. The third-order valence-corrected chi connectivity index (χ3v) is 5.12. The minimum absolute atomic E-state index is 0.0948. The number of aryl methyl sites for hydroxylation is 1. The summed E-state index contributed by atoms with van der Waals surface area (Å²) >= 11 is 0. The lowest BCUT2D eigenvalue weighted by molar-refractivity contribution is -0.122. The molecule has 2 N–H and O–H groups in total. The lowest BCUT2D eigenvalue weighted by atomic mass is 10.1. The summed E-state index contributed by atoms with van der Waals surface area (Å²) in [7, 11) is 0. The highest BCUT2D eigenvalue weighted by molar-refractivity contribution is 5.99. The first kappa shape index (κ1) is 19.6. The molecule has 4 rings (SSSR count). The van der Waals surface area contributed by atoms with E-state index in [1.165, 1.54) is 0 Å². The third kappa shape index (κ3) is 4.17. The number of hydrazine groups is 1. The lowest BCUT2D eigenvalue weighted by Crippen LogP contribution is -2.43. The Morgan fingerprint density at radius 3 is 2.53 bits per heavy atom. The summed E-state index contributed by atoms with van der Waals surface area (Å²) in [6.07, 6.45) is 2.86. The highest BCUT2D eigenvalue weighted by atomic mass is 16.2. The van der Waals surface area contributed by atoms with Gasteiger partial charge in [0.25, 0.3) is 11.8 Å². The van der Waals surface area contributed by atoms with Gasteiger partial charge >= 0.3 is 0 Å². The van der Waals surface area contributed by atoms with E-state index >= 15 is 0 Å². The van der Waals surface area contributed by atoms with Crippen LogP contribution in [0.1, 0.15) is 35.9 Å². The fourth-order valence-electron chi connectivity index (χ4n) is 3.54. The number of imidazole rings is 1. The number of unbranched alkanes of at least 4 members (excludes halogenated alkanes) is 1. The number of carbonyl (C=O) groups is 2. The van der Waals surface area contributed by atoms with E-state index in [9.17, 15) is 9.59 Å². The van der Waals surface area contributed by atoms with Gasteiger partial charge in [0.15, 0.2) is 0 Å². The number of para-hydroxylation sites is 2. The zero-order valence-corrected chi connectivity index (χ0v) is 16.9. The molecule has 0 saturated heterocycles. The van der Waals surface area contributed by atoms with Gasteiger partial charge in [-0.05, 0) is 41.5 Å². The topological polar surface area (TPSA) is 76.0 Å². The Labute approximate surface area is 174 Å². The van der Waals surface area contributed by atoms with E-state index in [0.29, 0.717) is 5.56 Å². The van der Waals surface area contributed by atoms with Gasteiger partial charge in [-0.2, -0.15) is 0 Å². The smallest absolute Gasteiger partial charge is 0.269 e. The Kier molecular flexibility index (Phi) is 5.75. The molecule has 0 saturated carbocycles. The van der Waals surface area contributed by atoms with Crippen LogP contribution in [-0.2, 0) is 17.8 Å². The third-order valence-electron chi connectivity index (χ3n) is 5.12. The quantitative estimate of drug-likeness (QED) is 0.481. The number of fused-ring (bicyclic) bond motifs is 2. The predicted octanol–water partition coefficient (Wildman–Crippen LogP) is 3.99. The van der Waals surface area contributed by atoms with Crippen molar-refractivity contribution >= 4 is 33.6 Å². The van der Waals surface area contributed by atoms with Crippen LogP contribution in [0.5, 0.6) is 0 Å². The highest BCUT2D eigenvalue weighted by Gasteiger charge is 2.14. The molecule has 0 spiro atoms. The Hall–Kier alpha value is -3.67. The molecule has 152 valence electrons. The molecule has 1 aromatic heterocycles. The summed E-state index contributed by atoms with van der Waals surface area (Å²) in [6.45, 7) is 2.22. The standard InChI is InChI=1S/C24H24N4O2/c1-2-3-12-22-25-20-10-6-7-11-21(20)28(22)16-23(29)26-27-24(30)19-14-13-17-8-4-5-9-18(17)15-19/h4-11,13-15H,2-3,12,16H2,1H3,(H,26,29)(H,27,30). The molecule has 3 aromatic carbocycles. The van der Waals surface area contributed by atoms with Gasteiger partial charge in [0.05, 0.1) is 11.0 Å². The van der Waals surface area contributed by atoms with Crippen molar-refractivity contribution in [3.8, 4) is 0 Å². The normalized spacial score (nSPS) is 11.0. The maximum Gasteiger partial charge on any atom is 0.269 e. The first-order valence-corrected chi connectivity index (χ1v) is 10.2. The second kappa shape index (κ2) is 8.78. The number of nitrogens with zero attached hydrogens (tertiary/aromatic N) is 2. The van der Waals surface area contributed by atoms with Crippen LogP contribution < -0.4 is 10.9 Å². The Bertz CT molecular complexity index is 1210. The molecule has 0 unspecified atom stereocenters. The van der Waals surface area contributed by atoms with Crippen molar-refractivity contribution in [3.05, 3.63) is 78.1 Å². The Morgan fingerprint density at radius 2 is 1.70 bits per heavy atom. The highest BCUT2D eigenvalue weighted by Crippen LogP contribution is 2.18. The fourth-order valence-corrected chi connectivity index (χ4v) is 3.54. The molecular formula is C24H24N4O2. The van der Waals surface area contributed by atoms with Crippen LogP contribution in [0.25, 0.3) is 21.8 Å². The number of hydrogen-bond donors (Lipinski definition) is 2. The molecule has 0 fully saturated rings. The van der Waals surface area contributed by atoms with E-state index in [2.05, 4.69) is 22.8 Å². The van der Waals surface area contributed by atoms with E-state index in [-0.39, 0.29) is 18.4 Å². The van der Waals surface area contributed by atoms with Gasteiger partial charge in [-0.25, -0.2) is 4.98 Å². The summed E-state index contributed by atoms with van der Waals surface area (Å²) in [5.41, 5.74) is 7.32. The predicted molar refractivity (Wildman–Crippen MR) is 118 cm³/mol. The van der Waals surface area contributed by atoms with Gasteiger partial charge in [-0.15, -0.1) is 0 Å². The Morgan fingerprint density at radius 1 is 0.933 bits per heavy atom. The van der Waals surface area contributed by atoms with Gasteiger partial charge < -0.3 is 4.57 Å². The molecule has 0 aliphatic rings. The van der Waals surface area contributed by atoms with Crippen molar-refractivity contribution < 1.29 is 9.59 Å². The molecule has 1 heterocycles. The second-order valence-electron chi connectivity index (χ2n) is 7.27. The molecule has 2 amide bonds. The summed E-state index contributed by atoms with van der Waals surface area (Å²) in [5.74, 6) is 0.231. The molecule has 4 aromatic rings. The molecule has 30 heavy (non-hydrogen) atoms. The van der Waals surface area contributed by atoms with Crippen molar-refractivity contribution in [1.29, 1.82) is 0 Å². The maximum absolute atomic E-state index is 12.6. The van der Waals surface area contributed by atoms with Crippen molar-refractivity contribution in [2.24, 2.45) is 0 Å². The van der Waals surface area contributed by atoms with E-state index < -0.39 is 0 Å². The van der Waals surface area contributed by atoms with Crippen molar-refractivity contribution in [2.75, 3.05) is 0 Å². The van der Waals surface area contributed by atoms with Crippen molar-refractivity contribution in [1.82, 2.24) is 20.4 Å². The van der Waals surface area contributed by atoms with E-state index in [1.807, 2.05) is 65.2 Å². The number of benzene rings is 3. The van der Waals surface area contributed by atoms with Crippen molar-refractivity contribution in [2.45, 2.75) is 32.7 Å². The van der Waals surface area contributed by atoms with Gasteiger partial charge in [-0.1, -0.05) is 55.8 Å². The molecule has 0 aliphatic heterocycles. The monoisotopic (exact) mass is 400 g/mol. The Balaban J connectivity index is 1.45. The van der Waals surface area contributed by atoms with Crippen molar-refractivity contribution in [3.63, 3.8) is 0 Å². The average Bonchev–Trinajstić information content (AvgIpc) is 3.13. The van der Waals surface area contributed by atoms with Gasteiger partial charge in [0.2, 0.25) is 0 Å². The molecule has 6 nitrogen and oxygen atoms in total. The van der Waals surface area contributed by atoms with Crippen LogP contribution in [0.3, 0.4) is 0 Å². The molecular weight excluding hydrogens is 376 g/mol. The summed E-state index contributed by atoms with van der Waals surface area (Å²) in [4.78, 5) is 29.7. The van der Waals surface area contributed by atoms with E-state index in [0.717, 1.165) is 46.9 Å². The molecule has 0 bridgehead atoms. The average molecular weight is 400 g/mol. The minimum atomic E-state index is -0.351.